The summed E-state index contributed by atoms with van der Waals surface area (Å²) in [6.07, 6.45) is 22.4. The maximum absolute atomic E-state index is 13.2. The van der Waals surface area contributed by atoms with E-state index < -0.39 is 0 Å². The van der Waals surface area contributed by atoms with Crippen LogP contribution in [0.25, 0.3) is 10.9 Å². The molecule has 8 heteroatoms. The number of fused-ring (bicyclic) bond motifs is 1. The third kappa shape index (κ3) is 13.1. The number of anilines is 1. The van der Waals surface area contributed by atoms with Crippen LogP contribution in [0.1, 0.15) is 31.2 Å². The summed E-state index contributed by atoms with van der Waals surface area (Å²) in [6, 6.07) is 17.9. The third-order valence-corrected chi connectivity index (χ3v) is 7.59. The SMILES string of the molecule is CN(C)C[C]1[CH][CH][CH][C]1CN(CCCCCCNc1ccnc2cc(Cl)ccc12)C(=O)NCc1ccccc1.[CH]1[CH][CH][CH][CH]1.[Fe+2]. The first-order chi connectivity index (χ1) is 21.5. The number of carbonyl (C=O) groups excluding carboxylic acids is 1. The summed E-state index contributed by atoms with van der Waals surface area (Å²) in [5.74, 6) is 2.49. The largest absolute Gasteiger partial charge is 2.00 e. The molecule has 2 aliphatic rings. The van der Waals surface area contributed by atoms with Crippen LogP contribution in [0, 0.1) is 63.2 Å². The van der Waals surface area contributed by atoms with Gasteiger partial charge in [0, 0.05) is 66.9 Å². The summed E-state index contributed by atoms with van der Waals surface area (Å²) in [5, 5.41) is 8.45. The van der Waals surface area contributed by atoms with Gasteiger partial charge in [0.05, 0.1) is 5.52 Å². The van der Waals surface area contributed by atoms with Gasteiger partial charge in [0.2, 0.25) is 0 Å². The Morgan fingerprint density at radius 2 is 1.51 bits per heavy atom. The van der Waals surface area contributed by atoms with Crippen LogP contribution in [0.2, 0.25) is 5.02 Å². The molecule has 10 radical (unpaired) electrons. The zero-order chi connectivity index (χ0) is 31.0. The summed E-state index contributed by atoms with van der Waals surface area (Å²) in [7, 11) is 4.14. The van der Waals surface area contributed by atoms with Gasteiger partial charge in [-0.3, -0.25) is 4.98 Å². The van der Waals surface area contributed by atoms with Crippen LogP contribution >= 0.6 is 11.6 Å². The van der Waals surface area contributed by atoms with Gasteiger partial charge in [-0.2, -0.15) is 0 Å². The van der Waals surface area contributed by atoms with E-state index in [9.17, 15) is 4.79 Å². The second-order valence-electron chi connectivity index (χ2n) is 11.2. The topological polar surface area (TPSA) is 60.5 Å². The van der Waals surface area contributed by atoms with E-state index in [1.807, 2.05) is 97.8 Å². The first-order valence-electron chi connectivity index (χ1n) is 15.4. The summed E-state index contributed by atoms with van der Waals surface area (Å²) >= 11 is 6.11. The molecular formula is C37H44ClFeN5O+2. The third-order valence-electron chi connectivity index (χ3n) is 7.36. The number of unbranched alkanes of at least 4 members (excludes halogenated alkanes) is 3. The molecule has 2 fully saturated rings. The normalized spacial score (nSPS) is 15.0. The number of nitrogens with zero attached hydrogens (tertiary/aromatic N) is 3. The van der Waals surface area contributed by atoms with Crippen LogP contribution in [0.15, 0.2) is 60.8 Å². The van der Waals surface area contributed by atoms with Crippen molar-refractivity contribution in [2.24, 2.45) is 0 Å². The summed E-state index contributed by atoms with van der Waals surface area (Å²) in [6.45, 7) is 3.65. The van der Waals surface area contributed by atoms with Gasteiger partial charge in [0.25, 0.3) is 0 Å². The Labute approximate surface area is 287 Å². The molecule has 0 atom stereocenters. The summed E-state index contributed by atoms with van der Waals surface area (Å²) < 4.78 is 0. The van der Waals surface area contributed by atoms with Crippen molar-refractivity contribution in [3.63, 3.8) is 0 Å². The van der Waals surface area contributed by atoms with Gasteiger partial charge in [-0.1, -0.05) is 54.8 Å². The number of hydrogen-bond donors (Lipinski definition) is 2. The maximum Gasteiger partial charge on any atom is 2.00 e. The number of halogens is 1. The number of hydrogen-bond acceptors (Lipinski definition) is 4. The van der Waals surface area contributed by atoms with E-state index in [0.717, 1.165) is 67.5 Å². The monoisotopic (exact) mass is 665 g/mol. The minimum atomic E-state index is -0.0119. The molecule has 0 bridgehead atoms. The smallest absolute Gasteiger partial charge is 0.384 e. The van der Waals surface area contributed by atoms with Gasteiger partial charge in [0.15, 0.2) is 0 Å². The molecule has 2 N–H and O–H groups in total. The standard InChI is InChI=1S/C32H39ClN5O.C5H5.Fe/c1-37(2)23-26-13-10-14-27(26)24-38(32(39)36-22-25-11-6-5-7-12-25)20-9-4-3-8-18-34-30-17-19-35-31-21-28(33)15-16-29(30)31;1-2-4-5-3-1;/h5-7,10-17,19,21H,3-4,8-9,18,20,22-24H2,1-2H3,(H,34,35)(H,36,39);1-5H;/q;;+2. The number of nitrogens with one attached hydrogen (secondary N) is 2. The second kappa shape index (κ2) is 20.7. The first-order valence-corrected chi connectivity index (χ1v) is 15.8. The number of amides is 2. The molecule has 0 spiro atoms. The van der Waals surface area contributed by atoms with Crippen molar-refractivity contribution in [1.82, 2.24) is 20.1 Å². The molecule has 2 amide bonds. The van der Waals surface area contributed by atoms with Crippen molar-refractivity contribution in [3.05, 3.63) is 135 Å². The number of pyridine rings is 1. The van der Waals surface area contributed by atoms with Gasteiger partial charge >= 0.3 is 23.1 Å². The Bertz CT molecular complexity index is 1250. The van der Waals surface area contributed by atoms with E-state index in [0.29, 0.717) is 18.1 Å². The molecular weight excluding hydrogens is 622 g/mol. The van der Waals surface area contributed by atoms with E-state index in [2.05, 4.69) is 53.9 Å². The molecule has 236 valence electrons. The van der Waals surface area contributed by atoms with Crippen molar-refractivity contribution >= 4 is 34.2 Å². The predicted molar refractivity (Wildman–Crippen MR) is 183 cm³/mol. The van der Waals surface area contributed by atoms with Gasteiger partial charge in [-0.15, -0.1) is 0 Å². The van der Waals surface area contributed by atoms with Crippen LogP contribution < -0.4 is 10.6 Å². The van der Waals surface area contributed by atoms with Crippen molar-refractivity contribution in [2.75, 3.05) is 45.6 Å². The van der Waals surface area contributed by atoms with Crippen LogP contribution in [0.5, 0.6) is 0 Å². The number of aromatic nitrogens is 1. The van der Waals surface area contributed by atoms with E-state index in [4.69, 9.17) is 11.6 Å². The Balaban J connectivity index is 0.000000837. The van der Waals surface area contributed by atoms with E-state index >= 15 is 0 Å². The second-order valence-corrected chi connectivity index (χ2v) is 11.6. The van der Waals surface area contributed by atoms with Crippen molar-refractivity contribution in [2.45, 2.75) is 32.2 Å². The molecule has 0 unspecified atom stereocenters. The predicted octanol–water partition coefficient (Wildman–Crippen LogP) is 7.43. The summed E-state index contributed by atoms with van der Waals surface area (Å²) in [4.78, 5) is 21.7. The Hall–Kier alpha value is -2.31. The minimum absolute atomic E-state index is 0. The number of urea groups is 1. The van der Waals surface area contributed by atoms with Crippen molar-refractivity contribution in [3.8, 4) is 0 Å². The zero-order valence-corrected chi connectivity index (χ0v) is 28.1. The minimum Gasteiger partial charge on any atom is -0.384 e. The maximum atomic E-state index is 13.2. The van der Waals surface area contributed by atoms with E-state index in [1.54, 1.807) is 0 Å². The fourth-order valence-electron chi connectivity index (χ4n) is 5.09. The van der Waals surface area contributed by atoms with Crippen molar-refractivity contribution in [1.29, 1.82) is 0 Å². The molecule has 0 saturated heterocycles. The average molecular weight is 666 g/mol. The Kier molecular flexibility index (Phi) is 17.1. The number of rotatable bonds is 14. The van der Waals surface area contributed by atoms with E-state index in [-0.39, 0.29) is 23.1 Å². The quantitative estimate of drug-likeness (QED) is 0.139. The average Bonchev–Trinajstić information content (AvgIpc) is 3.75. The first kappa shape index (κ1) is 37.2. The van der Waals surface area contributed by atoms with Crippen molar-refractivity contribution < 1.29 is 21.9 Å². The van der Waals surface area contributed by atoms with Crippen LogP contribution in [0.3, 0.4) is 0 Å². The Morgan fingerprint density at radius 1 is 0.822 bits per heavy atom. The molecule has 1 aromatic heterocycles. The molecule has 0 aliphatic heterocycles. The van der Waals surface area contributed by atoms with E-state index in [1.165, 1.54) is 11.8 Å². The molecule has 3 aromatic rings. The molecule has 2 aliphatic carbocycles. The van der Waals surface area contributed by atoms with Gasteiger partial charge < -0.3 is 20.4 Å². The van der Waals surface area contributed by atoms with Crippen LogP contribution in [0.4, 0.5) is 10.5 Å². The molecule has 5 rings (SSSR count). The van der Waals surface area contributed by atoms with Gasteiger partial charge in [-0.25, -0.2) is 4.79 Å². The fourth-order valence-corrected chi connectivity index (χ4v) is 5.25. The summed E-state index contributed by atoms with van der Waals surface area (Å²) in [5.41, 5.74) is 3.09. The molecule has 2 aromatic carbocycles. The fraction of sp³-hybridized carbons (Fsp3) is 0.297. The Morgan fingerprint density at radius 3 is 2.22 bits per heavy atom. The van der Waals surface area contributed by atoms with Crippen LogP contribution in [-0.4, -0.2) is 61.1 Å². The van der Waals surface area contributed by atoms with Crippen LogP contribution in [-0.2, 0) is 23.6 Å². The van der Waals surface area contributed by atoms with Gasteiger partial charge in [-0.05, 0) is 108 Å². The molecule has 6 nitrogen and oxygen atoms in total. The van der Waals surface area contributed by atoms with Gasteiger partial charge in [0.1, 0.15) is 0 Å². The molecule has 2 saturated carbocycles. The molecule has 45 heavy (non-hydrogen) atoms. The molecule has 1 heterocycles. The zero-order valence-electron chi connectivity index (χ0n) is 26.2. The number of benzene rings is 2. The number of carbonyl (C=O) groups is 1.